The number of piperidine rings is 1. The van der Waals surface area contributed by atoms with Crippen LogP contribution in [0.25, 0.3) is 0 Å². The van der Waals surface area contributed by atoms with Crippen molar-refractivity contribution in [3.05, 3.63) is 0 Å². The molecule has 16 heavy (non-hydrogen) atoms. The zero-order chi connectivity index (χ0) is 11.4. The Hall–Kier alpha value is -0.650. The first-order valence-electron chi connectivity index (χ1n) is 6.14. The van der Waals surface area contributed by atoms with Crippen LogP contribution in [0.1, 0.15) is 19.3 Å². The molecule has 92 valence electrons. The predicted octanol–water partition coefficient (Wildman–Crippen LogP) is -0.384. The summed E-state index contributed by atoms with van der Waals surface area (Å²) >= 11 is 0. The minimum Gasteiger partial charge on any atom is -0.379 e. The Morgan fingerprint density at radius 2 is 1.56 bits per heavy atom. The number of nitrogens with zero attached hydrogens (tertiary/aromatic N) is 2. The van der Waals surface area contributed by atoms with Crippen molar-refractivity contribution in [2.24, 2.45) is 5.73 Å². The van der Waals surface area contributed by atoms with Crippen molar-refractivity contribution < 1.29 is 9.53 Å². The van der Waals surface area contributed by atoms with Crippen LogP contribution >= 0.6 is 0 Å². The number of rotatable bonds is 3. The molecule has 1 amide bonds. The topological polar surface area (TPSA) is 58.8 Å². The first-order valence-corrected chi connectivity index (χ1v) is 6.14. The molecular formula is C11H21N3O2. The van der Waals surface area contributed by atoms with Gasteiger partial charge in [-0.2, -0.15) is 0 Å². The van der Waals surface area contributed by atoms with E-state index in [4.69, 9.17) is 10.5 Å². The van der Waals surface area contributed by atoms with Gasteiger partial charge in [0.05, 0.1) is 13.2 Å². The van der Waals surface area contributed by atoms with Gasteiger partial charge in [0, 0.05) is 26.2 Å². The van der Waals surface area contributed by atoms with Gasteiger partial charge in [0.2, 0.25) is 5.91 Å². The van der Waals surface area contributed by atoms with Gasteiger partial charge < -0.3 is 10.5 Å². The van der Waals surface area contributed by atoms with E-state index in [-0.39, 0.29) is 12.1 Å². The van der Waals surface area contributed by atoms with E-state index in [0.29, 0.717) is 13.2 Å². The van der Waals surface area contributed by atoms with Crippen LogP contribution in [0.2, 0.25) is 0 Å². The highest BCUT2D eigenvalue weighted by atomic mass is 16.5. The van der Waals surface area contributed by atoms with Crippen molar-refractivity contribution in [1.82, 2.24) is 9.80 Å². The summed E-state index contributed by atoms with van der Waals surface area (Å²) in [5, 5.41) is 0. The average Bonchev–Trinajstić information content (AvgIpc) is 2.31. The van der Waals surface area contributed by atoms with Gasteiger partial charge in [0.1, 0.15) is 6.17 Å². The van der Waals surface area contributed by atoms with E-state index >= 15 is 0 Å². The number of morpholine rings is 1. The summed E-state index contributed by atoms with van der Waals surface area (Å²) in [6, 6.07) is 0. The average molecular weight is 227 g/mol. The summed E-state index contributed by atoms with van der Waals surface area (Å²) < 4.78 is 5.30. The van der Waals surface area contributed by atoms with E-state index in [1.807, 2.05) is 0 Å². The molecule has 2 saturated heterocycles. The van der Waals surface area contributed by atoms with Gasteiger partial charge in [0.15, 0.2) is 0 Å². The molecule has 0 aromatic rings. The Kier molecular flexibility index (Phi) is 4.15. The molecule has 0 aromatic heterocycles. The molecule has 2 heterocycles. The van der Waals surface area contributed by atoms with E-state index < -0.39 is 0 Å². The summed E-state index contributed by atoms with van der Waals surface area (Å²) in [6.07, 6.45) is 3.40. The summed E-state index contributed by atoms with van der Waals surface area (Å²) in [4.78, 5) is 16.0. The monoisotopic (exact) mass is 227 g/mol. The number of nitrogens with two attached hydrogens (primary N) is 1. The molecule has 2 fully saturated rings. The smallest absolute Gasteiger partial charge is 0.249 e. The quantitative estimate of drug-likeness (QED) is 0.714. The Morgan fingerprint density at radius 1 is 1.00 bits per heavy atom. The maximum absolute atomic E-state index is 11.6. The van der Waals surface area contributed by atoms with Crippen LogP contribution in [0, 0.1) is 0 Å². The second kappa shape index (κ2) is 5.61. The van der Waals surface area contributed by atoms with Crippen molar-refractivity contribution in [2.75, 3.05) is 39.4 Å². The molecule has 2 aliphatic heterocycles. The van der Waals surface area contributed by atoms with Gasteiger partial charge >= 0.3 is 0 Å². The summed E-state index contributed by atoms with van der Waals surface area (Å²) in [5.74, 6) is -0.219. The molecule has 0 aromatic carbocycles. The first kappa shape index (κ1) is 11.8. The van der Waals surface area contributed by atoms with E-state index in [1.165, 1.54) is 19.3 Å². The Balaban J connectivity index is 1.99. The molecule has 2 rings (SSSR count). The fourth-order valence-corrected chi connectivity index (χ4v) is 2.58. The largest absolute Gasteiger partial charge is 0.379 e. The first-order chi connectivity index (χ1) is 7.79. The third-order valence-corrected chi connectivity index (χ3v) is 3.38. The predicted molar refractivity (Wildman–Crippen MR) is 60.8 cm³/mol. The van der Waals surface area contributed by atoms with Crippen molar-refractivity contribution in [3.63, 3.8) is 0 Å². The molecule has 2 N–H and O–H groups in total. The third-order valence-electron chi connectivity index (χ3n) is 3.38. The van der Waals surface area contributed by atoms with Crippen molar-refractivity contribution in [3.8, 4) is 0 Å². The number of hydrogen-bond acceptors (Lipinski definition) is 4. The van der Waals surface area contributed by atoms with Gasteiger partial charge in [0.25, 0.3) is 0 Å². The standard InChI is InChI=1S/C11H21N3O2/c12-10(15)11(13-4-2-1-3-5-13)14-6-8-16-9-7-14/h11H,1-9H2,(H2,12,15). The summed E-state index contributed by atoms with van der Waals surface area (Å²) in [5.41, 5.74) is 5.54. The normalized spacial score (nSPS) is 26.5. The van der Waals surface area contributed by atoms with Gasteiger partial charge in [-0.3, -0.25) is 14.6 Å². The van der Waals surface area contributed by atoms with Crippen molar-refractivity contribution in [2.45, 2.75) is 25.4 Å². The van der Waals surface area contributed by atoms with Crippen LogP contribution in [0.3, 0.4) is 0 Å². The second-order valence-electron chi connectivity index (χ2n) is 4.52. The highest BCUT2D eigenvalue weighted by molar-refractivity contribution is 5.79. The number of primary amides is 1. The van der Waals surface area contributed by atoms with E-state index in [0.717, 1.165) is 26.2 Å². The third kappa shape index (κ3) is 2.72. The van der Waals surface area contributed by atoms with Crippen molar-refractivity contribution >= 4 is 5.91 Å². The summed E-state index contributed by atoms with van der Waals surface area (Å²) in [6.45, 7) is 5.01. The Bertz CT molecular complexity index is 217. The van der Waals surface area contributed by atoms with Crippen LogP contribution in [0.5, 0.6) is 0 Å². The lowest BCUT2D eigenvalue weighted by Crippen LogP contribution is -2.59. The molecule has 5 heteroatoms. The number of carbonyl (C=O) groups is 1. The molecule has 2 aliphatic rings. The molecule has 0 spiro atoms. The number of hydrogen-bond donors (Lipinski definition) is 1. The Morgan fingerprint density at radius 3 is 2.12 bits per heavy atom. The van der Waals surface area contributed by atoms with Crippen molar-refractivity contribution in [1.29, 1.82) is 0 Å². The highest BCUT2D eigenvalue weighted by Gasteiger charge is 2.31. The molecule has 5 nitrogen and oxygen atoms in total. The van der Waals surface area contributed by atoms with Gasteiger partial charge in [-0.1, -0.05) is 6.42 Å². The lowest BCUT2D eigenvalue weighted by Gasteiger charge is -2.40. The van der Waals surface area contributed by atoms with Crippen LogP contribution < -0.4 is 5.73 Å². The maximum Gasteiger partial charge on any atom is 0.249 e. The fourth-order valence-electron chi connectivity index (χ4n) is 2.58. The lowest BCUT2D eigenvalue weighted by molar-refractivity contribution is -0.134. The number of amides is 1. The number of likely N-dealkylation sites (tertiary alicyclic amines) is 1. The van der Waals surface area contributed by atoms with Gasteiger partial charge in [-0.05, 0) is 12.8 Å². The number of carbonyl (C=O) groups excluding carboxylic acids is 1. The molecule has 0 radical (unpaired) electrons. The highest BCUT2D eigenvalue weighted by Crippen LogP contribution is 2.15. The fraction of sp³-hybridized carbons (Fsp3) is 0.909. The van der Waals surface area contributed by atoms with Gasteiger partial charge in [-0.15, -0.1) is 0 Å². The zero-order valence-electron chi connectivity index (χ0n) is 9.73. The molecule has 0 aliphatic carbocycles. The SMILES string of the molecule is NC(=O)C(N1CCCCC1)N1CCOCC1. The minimum absolute atomic E-state index is 0.218. The molecule has 1 atom stereocenters. The van der Waals surface area contributed by atoms with Crippen LogP contribution in [0.15, 0.2) is 0 Å². The molecule has 1 unspecified atom stereocenters. The lowest BCUT2D eigenvalue weighted by atomic mass is 10.1. The van der Waals surface area contributed by atoms with Gasteiger partial charge in [-0.25, -0.2) is 0 Å². The maximum atomic E-state index is 11.6. The summed E-state index contributed by atoms with van der Waals surface area (Å²) in [7, 11) is 0. The minimum atomic E-state index is -0.219. The van der Waals surface area contributed by atoms with Crippen LogP contribution in [-0.4, -0.2) is 61.3 Å². The van der Waals surface area contributed by atoms with Crippen LogP contribution in [-0.2, 0) is 9.53 Å². The second-order valence-corrected chi connectivity index (χ2v) is 4.52. The van der Waals surface area contributed by atoms with E-state index in [1.54, 1.807) is 0 Å². The molecule has 0 saturated carbocycles. The zero-order valence-corrected chi connectivity index (χ0v) is 9.73. The molecule has 0 bridgehead atoms. The van der Waals surface area contributed by atoms with E-state index in [2.05, 4.69) is 9.80 Å². The number of ether oxygens (including phenoxy) is 1. The van der Waals surface area contributed by atoms with Crippen LogP contribution in [0.4, 0.5) is 0 Å². The molecular weight excluding hydrogens is 206 g/mol. The van der Waals surface area contributed by atoms with E-state index in [9.17, 15) is 4.79 Å². The Labute approximate surface area is 96.5 Å².